The molecule has 27 heavy (non-hydrogen) atoms. The van der Waals surface area contributed by atoms with Gasteiger partial charge in [0, 0.05) is 21.2 Å². The largest absolute Gasteiger partial charge is 0.506 e. The lowest BCUT2D eigenvalue weighted by atomic mass is 10.0. The smallest absolute Gasteiger partial charge is 0.157 e. The normalized spacial score (nSPS) is 10.9. The Hall–Kier alpha value is -1.20. The fraction of sp³-hybridized carbons (Fsp3) is 0. The Morgan fingerprint density at radius 3 is 1.93 bits per heavy atom. The molecule has 140 valence electrons. The second-order valence-electron chi connectivity index (χ2n) is 5.36. The van der Waals surface area contributed by atoms with Crippen molar-refractivity contribution >= 4 is 69.6 Å². The van der Waals surface area contributed by atoms with Gasteiger partial charge in [-0.15, -0.1) is 0 Å². The first-order chi connectivity index (χ1) is 12.7. The molecule has 3 aromatic rings. The van der Waals surface area contributed by atoms with Gasteiger partial charge in [-0.2, -0.15) is 0 Å². The van der Waals surface area contributed by atoms with E-state index in [1.807, 2.05) is 0 Å². The number of hydrogen-bond donors (Lipinski definition) is 2. The van der Waals surface area contributed by atoms with Crippen LogP contribution < -0.4 is 4.74 Å². The van der Waals surface area contributed by atoms with Gasteiger partial charge in [0.15, 0.2) is 11.5 Å². The third kappa shape index (κ3) is 4.14. The molecule has 0 atom stereocenters. The van der Waals surface area contributed by atoms with Crippen LogP contribution in [0.4, 0.5) is 0 Å². The number of hydrogen-bond acceptors (Lipinski definition) is 3. The number of aromatic hydroxyl groups is 2. The van der Waals surface area contributed by atoms with Crippen LogP contribution in [0.15, 0.2) is 36.4 Å². The van der Waals surface area contributed by atoms with Gasteiger partial charge in [-0.25, -0.2) is 0 Å². The third-order valence-electron chi connectivity index (χ3n) is 3.57. The summed E-state index contributed by atoms with van der Waals surface area (Å²) in [5.41, 5.74) is 0.451. The highest BCUT2D eigenvalue weighted by Crippen LogP contribution is 2.51. The number of benzene rings is 3. The Labute approximate surface area is 184 Å². The van der Waals surface area contributed by atoms with Crippen molar-refractivity contribution in [3.8, 4) is 34.1 Å². The van der Waals surface area contributed by atoms with Gasteiger partial charge in [-0.1, -0.05) is 69.6 Å². The average Bonchev–Trinajstić information content (AvgIpc) is 2.60. The van der Waals surface area contributed by atoms with Crippen molar-refractivity contribution in [1.29, 1.82) is 0 Å². The first kappa shape index (κ1) is 20.5. The monoisotopic (exact) mass is 482 g/mol. The van der Waals surface area contributed by atoms with E-state index in [9.17, 15) is 10.2 Å². The van der Waals surface area contributed by atoms with E-state index < -0.39 is 5.75 Å². The van der Waals surface area contributed by atoms with Crippen molar-refractivity contribution < 1.29 is 14.9 Å². The number of phenolic OH excluding ortho intramolecular Hbond substituents is 2. The summed E-state index contributed by atoms with van der Waals surface area (Å²) in [4.78, 5) is 0. The number of rotatable bonds is 3. The third-order valence-corrected chi connectivity index (χ3v) is 5.25. The van der Waals surface area contributed by atoms with Crippen molar-refractivity contribution in [3.05, 3.63) is 66.5 Å². The molecule has 0 aliphatic heterocycles. The van der Waals surface area contributed by atoms with E-state index in [-0.39, 0.29) is 53.5 Å². The minimum atomic E-state index is -0.394. The second kappa shape index (κ2) is 8.04. The molecular weight excluding hydrogens is 477 g/mol. The zero-order valence-electron chi connectivity index (χ0n) is 13.0. The van der Waals surface area contributed by atoms with Gasteiger partial charge < -0.3 is 14.9 Å². The van der Waals surface area contributed by atoms with Crippen molar-refractivity contribution in [1.82, 2.24) is 0 Å². The van der Waals surface area contributed by atoms with E-state index in [2.05, 4.69) is 0 Å². The second-order valence-corrected chi connectivity index (χ2v) is 7.83. The first-order valence-electron chi connectivity index (χ1n) is 7.21. The number of phenols is 2. The SMILES string of the molecule is Oc1c(Cl)cc(Cl)cc1-c1cc(Cl)c(O)c(Cl)c1Oc1ccc(Cl)cc1Cl. The Kier molecular flexibility index (Phi) is 6.11. The molecule has 0 heterocycles. The van der Waals surface area contributed by atoms with E-state index in [4.69, 9.17) is 74.3 Å². The summed E-state index contributed by atoms with van der Waals surface area (Å²) in [5, 5.41) is 21.2. The average molecular weight is 485 g/mol. The molecule has 0 aliphatic rings. The van der Waals surface area contributed by atoms with Crippen LogP contribution in [-0.4, -0.2) is 10.2 Å². The molecule has 3 nitrogen and oxygen atoms in total. The van der Waals surface area contributed by atoms with Crippen molar-refractivity contribution in [2.45, 2.75) is 0 Å². The van der Waals surface area contributed by atoms with Gasteiger partial charge >= 0.3 is 0 Å². The predicted octanol–water partition coefficient (Wildman–Crippen LogP) is 8.48. The minimum Gasteiger partial charge on any atom is -0.506 e. The summed E-state index contributed by atoms with van der Waals surface area (Å²) in [7, 11) is 0. The minimum absolute atomic E-state index is 0.00331. The molecule has 0 radical (unpaired) electrons. The quantitative estimate of drug-likeness (QED) is 0.392. The van der Waals surface area contributed by atoms with Crippen LogP contribution in [0.1, 0.15) is 0 Å². The van der Waals surface area contributed by atoms with Crippen LogP contribution in [0.25, 0.3) is 11.1 Å². The maximum absolute atomic E-state index is 10.4. The molecule has 9 heteroatoms. The summed E-state index contributed by atoms with van der Waals surface area (Å²) in [6, 6.07) is 8.78. The molecule has 0 fully saturated rings. The van der Waals surface area contributed by atoms with E-state index in [0.29, 0.717) is 5.02 Å². The Morgan fingerprint density at radius 2 is 1.26 bits per heavy atom. The molecule has 0 spiro atoms. The summed E-state index contributed by atoms with van der Waals surface area (Å²) in [6.45, 7) is 0. The lowest BCUT2D eigenvalue weighted by Gasteiger charge is -2.17. The molecule has 0 saturated carbocycles. The van der Waals surface area contributed by atoms with Crippen LogP contribution in [-0.2, 0) is 0 Å². The van der Waals surface area contributed by atoms with Gasteiger partial charge in [0.05, 0.1) is 15.1 Å². The highest BCUT2D eigenvalue weighted by molar-refractivity contribution is 6.39. The molecule has 2 N–H and O–H groups in total. The first-order valence-corrected chi connectivity index (χ1v) is 9.48. The maximum Gasteiger partial charge on any atom is 0.157 e. The summed E-state index contributed by atoms with van der Waals surface area (Å²) in [6.07, 6.45) is 0. The van der Waals surface area contributed by atoms with Crippen LogP contribution in [0.5, 0.6) is 23.0 Å². The highest BCUT2D eigenvalue weighted by Gasteiger charge is 2.23. The van der Waals surface area contributed by atoms with Gasteiger partial charge in [0.1, 0.15) is 16.5 Å². The van der Waals surface area contributed by atoms with E-state index in [0.717, 1.165) is 0 Å². The van der Waals surface area contributed by atoms with Crippen molar-refractivity contribution in [2.75, 3.05) is 0 Å². The number of halogens is 6. The van der Waals surface area contributed by atoms with Crippen LogP contribution >= 0.6 is 69.6 Å². The van der Waals surface area contributed by atoms with E-state index in [1.54, 1.807) is 6.07 Å². The fourth-order valence-corrected chi connectivity index (χ4v) is 3.76. The van der Waals surface area contributed by atoms with Gasteiger partial charge in [-0.05, 0) is 36.4 Å². The maximum atomic E-state index is 10.4. The lowest BCUT2D eigenvalue weighted by molar-refractivity contribution is 0.455. The Balaban J connectivity index is 2.26. The van der Waals surface area contributed by atoms with Gasteiger partial charge in [0.2, 0.25) is 0 Å². The van der Waals surface area contributed by atoms with E-state index in [1.165, 1.54) is 30.3 Å². The molecule has 0 aliphatic carbocycles. The van der Waals surface area contributed by atoms with Gasteiger partial charge in [-0.3, -0.25) is 0 Å². The van der Waals surface area contributed by atoms with Crippen molar-refractivity contribution in [2.24, 2.45) is 0 Å². The van der Waals surface area contributed by atoms with E-state index >= 15 is 0 Å². The molecule has 0 bridgehead atoms. The summed E-state index contributed by atoms with van der Waals surface area (Å²) in [5.74, 6) is -0.435. The molecule has 0 amide bonds. The lowest BCUT2D eigenvalue weighted by Crippen LogP contribution is -1.93. The predicted molar refractivity (Wildman–Crippen MR) is 112 cm³/mol. The molecule has 3 rings (SSSR count). The summed E-state index contributed by atoms with van der Waals surface area (Å²) >= 11 is 36.4. The zero-order chi connectivity index (χ0) is 19.9. The number of ether oxygens (including phenoxy) is 1. The molecule has 0 aromatic heterocycles. The summed E-state index contributed by atoms with van der Waals surface area (Å²) < 4.78 is 5.81. The van der Waals surface area contributed by atoms with Crippen LogP contribution in [0.3, 0.4) is 0 Å². The van der Waals surface area contributed by atoms with Crippen LogP contribution in [0.2, 0.25) is 30.1 Å². The highest BCUT2D eigenvalue weighted by atomic mass is 35.5. The molecule has 3 aromatic carbocycles. The van der Waals surface area contributed by atoms with Crippen molar-refractivity contribution in [3.63, 3.8) is 0 Å². The Bertz CT molecular complexity index is 1050. The standard InChI is InChI=1S/C18H8Cl6O3/c19-7-1-2-14(11(21)4-7)27-18-10(6-13(23)17(26)15(18)24)9-3-8(20)5-12(22)16(9)25/h1-6,25-26H. The van der Waals surface area contributed by atoms with Crippen LogP contribution in [0, 0.1) is 0 Å². The van der Waals surface area contributed by atoms with Gasteiger partial charge in [0.25, 0.3) is 0 Å². The molecule has 0 unspecified atom stereocenters. The molecular formula is C18H8Cl6O3. The Morgan fingerprint density at radius 1 is 0.630 bits per heavy atom. The zero-order valence-corrected chi connectivity index (χ0v) is 17.6. The molecule has 0 saturated heterocycles. The topological polar surface area (TPSA) is 49.7 Å². The fourth-order valence-electron chi connectivity index (χ4n) is 2.33.